The van der Waals surface area contributed by atoms with Gasteiger partial charge in [-0.3, -0.25) is 0 Å². The molecule has 6 heteroatoms. The van der Waals surface area contributed by atoms with Crippen LogP contribution in [0.4, 0.5) is 0 Å². The van der Waals surface area contributed by atoms with E-state index in [9.17, 15) is 9.59 Å². The molecule has 2 aromatic rings. The number of carbonyl (C=O) groups is 2. The van der Waals surface area contributed by atoms with Crippen LogP contribution in [0.2, 0.25) is 0 Å². The maximum atomic E-state index is 12.0. The molecule has 0 spiro atoms. The average molecular weight is 417 g/mol. The molecule has 0 radical (unpaired) electrons. The van der Waals surface area contributed by atoms with Gasteiger partial charge in [0.05, 0.1) is 0 Å². The van der Waals surface area contributed by atoms with E-state index in [0.717, 1.165) is 10.0 Å². The molecule has 1 aliphatic rings. The van der Waals surface area contributed by atoms with Gasteiger partial charge in [0.15, 0.2) is 0 Å². The van der Waals surface area contributed by atoms with Gasteiger partial charge < -0.3 is 14.2 Å². The van der Waals surface area contributed by atoms with Gasteiger partial charge in [-0.2, -0.15) is 0 Å². The summed E-state index contributed by atoms with van der Waals surface area (Å²) in [7, 11) is 0. The van der Waals surface area contributed by atoms with E-state index in [1.54, 1.807) is 18.2 Å². The quantitative estimate of drug-likeness (QED) is 0.423. The van der Waals surface area contributed by atoms with E-state index in [2.05, 4.69) is 15.9 Å². The lowest BCUT2D eigenvalue weighted by Crippen LogP contribution is -2.41. The molecule has 0 N–H and O–H groups in total. The predicted octanol–water partition coefficient (Wildman–Crippen LogP) is 4.25. The van der Waals surface area contributed by atoms with Crippen LogP contribution >= 0.6 is 15.9 Å². The van der Waals surface area contributed by atoms with Crippen LogP contribution in [0.3, 0.4) is 0 Å². The van der Waals surface area contributed by atoms with Crippen molar-refractivity contribution in [1.82, 2.24) is 0 Å². The molecule has 0 atom stereocenters. The fourth-order valence-corrected chi connectivity index (χ4v) is 2.65. The fraction of sp³-hybridized carbons (Fsp3) is 0.200. The number of hydrogen-bond donors (Lipinski definition) is 0. The molecule has 3 rings (SSSR count). The summed E-state index contributed by atoms with van der Waals surface area (Å²) < 4.78 is 17.0. The Morgan fingerprint density at radius 3 is 2.35 bits per heavy atom. The van der Waals surface area contributed by atoms with E-state index in [4.69, 9.17) is 14.2 Å². The first kappa shape index (κ1) is 18.2. The Balaban J connectivity index is 1.74. The van der Waals surface area contributed by atoms with Gasteiger partial charge in [-0.25, -0.2) is 9.59 Å². The summed E-state index contributed by atoms with van der Waals surface area (Å²) in [6.45, 7) is 3.43. The fourth-order valence-electron chi connectivity index (χ4n) is 2.39. The van der Waals surface area contributed by atoms with Gasteiger partial charge in [-0.05, 0) is 41.5 Å². The van der Waals surface area contributed by atoms with Crippen LogP contribution in [0.25, 0.3) is 6.08 Å². The van der Waals surface area contributed by atoms with Crippen molar-refractivity contribution in [1.29, 1.82) is 0 Å². The van der Waals surface area contributed by atoms with Gasteiger partial charge in [-0.15, -0.1) is 0 Å². The van der Waals surface area contributed by atoms with Crippen molar-refractivity contribution in [3.8, 4) is 5.75 Å². The van der Waals surface area contributed by atoms with Gasteiger partial charge >= 0.3 is 11.9 Å². The molecular weight excluding hydrogens is 400 g/mol. The molecule has 2 aromatic carbocycles. The molecule has 1 fully saturated rings. The summed E-state index contributed by atoms with van der Waals surface area (Å²) in [5, 5.41) is 0. The summed E-state index contributed by atoms with van der Waals surface area (Å²) in [4.78, 5) is 24.0. The molecule has 0 aliphatic carbocycles. The van der Waals surface area contributed by atoms with E-state index in [1.165, 1.54) is 19.9 Å². The van der Waals surface area contributed by atoms with Crippen LogP contribution in [0.1, 0.15) is 25.0 Å². The van der Waals surface area contributed by atoms with Crippen LogP contribution in [-0.4, -0.2) is 17.7 Å². The van der Waals surface area contributed by atoms with Crippen molar-refractivity contribution in [2.24, 2.45) is 0 Å². The minimum Gasteiger partial charge on any atom is -0.489 e. The van der Waals surface area contributed by atoms with Crippen molar-refractivity contribution in [2.75, 3.05) is 0 Å². The topological polar surface area (TPSA) is 61.8 Å². The second-order valence-electron chi connectivity index (χ2n) is 6.22. The van der Waals surface area contributed by atoms with Crippen molar-refractivity contribution >= 4 is 33.9 Å². The molecule has 26 heavy (non-hydrogen) atoms. The zero-order valence-electron chi connectivity index (χ0n) is 14.3. The molecule has 5 nitrogen and oxygen atoms in total. The highest BCUT2D eigenvalue weighted by Gasteiger charge is 2.38. The van der Waals surface area contributed by atoms with E-state index < -0.39 is 17.7 Å². The van der Waals surface area contributed by atoms with Gasteiger partial charge in [0.1, 0.15) is 17.9 Å². The zero-order valence-corrected chi connectivity index (χ0v) is 15.9. The second kappa shape index (κ2) is 7.33. The summed E-state index contributed by atoms with van der Waals surface area (Å²) in [5.74, 6) is -2.03. The molecule has 0 amide bonds. The largest absolute Gasteiger partial charge is 0.489 e. The summed E-state index contributed by atoms with van der Waals surface area (Å²) in [5.41, 5.74) is 1.52. The van der Waals surface area contributed by atoms with Gasteiger partial charge in [-0.1, -0.05) is 40.2 Å². The maximum absolute atomic E-state index is 12.0. The molecule has 134 valence electrons. The van der Waals surface area contributed by atoms with Crippen molar-refractivity contribution < 1.29 is 23.8 Å². The smallest absolute Gasteiger partial charge is 0.348 e. The van der Waals surface area contributed by atoms with Crippen LogP contribution in [0.15, 0.2) is 58.6 Å². The van der Waals surface area contributed by atoms with Crippen LogP contribution in [0.5, 0.6) is 5.75 Å². The monoisotopic (exact) mass is 416 g/mol. The summed E-state index contributed by atoms with van der Waals surface area (Å²) in [6.07, 6.45) is 1.44. The summed E-state index contributed by atoms with van der Waals surface area (Å²) >= 11 is 3.39. The lowest BCUT2D eigenvalue weighted by atomic mass is 10.1. The van der Waals surface area contributed by atoms with E-state index >= 15 is 0 Å². The first-order chi connectivity index (χ1) is 12.3. The maximum Gasteiger partial charge on any atom is 0.348 e. The summed E-state index contributed by atoms with van der Waals surface area (Å²) in [6, 6.07) is 14.9. The number of cyclic esters (lactones) is 2. The normalized spacial score (nSPS) is 15.9. The van der Waals surface area contributed by atoms with Gasteiger partial charge in [0, 0.05) is 18.3 Å². The number of rotatable bonds is 4. The van der Waals surface area contributed by atoms with Crippen LogP contribution in [-0.2, 0) is 25.7 Å². The molecular formula is C20H17BrO5. The van der Waals surface area contributed by atoms with Crippen LogP contribution in [0, 0.1) is 0 Å². The van der Waals surface area contributed by atoms with Crippen molar-refractivity contribution in [3.63, 3.8) is 0 Å². The zero-order chi connectivity index (χ0) is 18.7. The Morgan fingerprint density at radius 1 is 1.04 bits per heavy atom. The Bertz CT molecular complexity index is 846. The number of esters is 2. The SMILES string of the molecule is CC1(C)OC(=O)C(=Cc2cccc(OCc3ccc(Br)cc3)c2)C(=O)O1. The highest BCUT2D eigenvalue weighted by atomic mass is 79.9. The molecule has 1 heterocycles. The number of hydrogen-bond acceptors (Lipinski definition) is 5. The highest BCUT2D eigenvalue weighted by Crippen LogP contribution is 2.25. The Hall–Kier alpha value is -2.60. The third kappa shape index (κ3) is 4.52. The molecule has 0 unspecified atom stereocenters. The first-order valence-electron chi connectivity index (χ1n) is 7.98. The number of ether oxygens (including phenoxy) is 3. The number of carbonyl (C=O) groups excluding carboxylic acids is 2. The predicted molar refractivity (Wildman–Crippen MR) is 99.2 cm³/mol. The van der Waals surface area contributed by atoms with Crippen LogP contribution < -0.4 is 4.74 Å². The molecule has 1 aliphatic heterocycles. The van der Waals surface area contributed by atoms with Gasteiger partial charge in [0.2, 0.25) is 0 Å². The Morgan fingerprint density at radius 2 is 1.69 bits per heavy atom. The minimum absolute atomic E-state index is 0.144. The minimum atomic E-state index is -1.25. The van der Waals surface area contributed by atoms with E-state index in [0.29, 0.717) is 17.9 Å². The lowest BCUT2D eigenvalue weighted by Gasteiger charge is -2.29. The molecule has 1 saturated heterocycles. The lowest BCUT2D eigenvalue weighted by molar-refractivity contribution is -0.222. The third-order valence-electron chi connectivity index (χ3n) is 3.60. The van der Waals surface area contributed by atoms with Crippen molar-refractivity contribution in [2.45, 2.75) is 26.2 Å². The Labute approximate surface area is 159 Å². The second-order valence-corrected chi connectivity index (χ2v) is 7.14. The van der Waals surface area contributed by atoms with E-state index in [1.807, 2.05) is 30.3 Å². The number of halogens is 1. The molecule has 0 bridgehead atoms. The average Bonchev–Trinajstić information content (AvgIpc) is 2.57. The molecule has 0 saturated carbocycles. The highest BCUT2D eigenvalue weighted by molar-refractivity contribution is 9.10. The number of benzene rings is 2. The standard InChI is InChI=1S/C20H17BrO5/c1-20(2)25-18(22)17(19(23)26-20)11-14-4-3-5-16(10-14)24-12-13-6-8-15(21)9-7-13/h3-11H,12H2,1-2H3. The third-order valence-corrected chi connectivity index (χ3v) is 4.13. The Kier molecular flexibility index (Phi) is 5.13. The van der Waals surface area contributed by atoms with E-state index in [-0.39, 0.29) is 5.57 Å². The van der Waals surface area contributed by atoms with Crippen molar-refractivity contribution in [3.05, 3.63) is 69.7 Å². The molecule has 0 aromatic heterocycles. The van der Waals surface area contributed by atoms with Gasteiger partial charge in [0.25, 0.3) is 5.79 Å². The first-order valence-corrected chi connectivity index (χ1v) is 8.77.